The molecule has 1 aliphatic heterocycles. The van der Waals surface area contributed by atoms with Crippen LogP contribution in [0.5, 0.6) is 0 Å². The first kappa shape index (κ1) is 17.4. The molecule has 3 heterocycles. The van der Waals surface area contributed by atoms with E-state index in [2.05, 4.69) is 20.1 Å². The Morgan fingerprint density at radius 3 is 2.30 bits per heavy atom. The number of carbonyl (C=O) groups excluding carboxylic acids is 1. The summed E-state index contributed by atoms with van der Waals surface area (Å²) in [7, 11) is 0. The Hall–Kier alpha value is -2.99. The molecule has 136 valence electrons. The number of piperazine rings is 1. The number of aromatic nitrogens is 3. The quantitative estimate of drug-likeness (QED) is 0.699. The summed E-state index contributed by atoms with van der Waals surface area (Å²) >= 11 is 6.15. The Balaban J connectivity index is 1.41. The van der Waals surface area contributed by atoms with E-state index in [1.54, 1.807) is 24.5 Å². The fraction of sp³-hybridized carbons (Fsp3) is 0.200. The highest BCUT2D eigenvalue weighted by atomic mass is 35.5. The van der Waals surface area contributed by atoms with E-state index < -0.39 is 0 Å². The highest BCUT2D eigenvalue weighted by Gasteiger charge is 2.24. The molecule has 7 heteroatoms. The van der Waals surface area contributed by atoms with Crippen LogP contribution in [0.4, 0.5) is 5.82 Å². The van der Waals surface area contributed by atoms with E-state index >= 15 is 0 Å². The van der Waals surface area contributed by atoms with Gasteiger partial charge < -0.3 is 9.80 Å². The van der Waals surface area contributed by atoms with Gasteiger partial charge in [-0.25, -0.2) is 0 Å². The van der Waals surface area contributed by atoms with Gasteiger partial charge in [-0.3, -0.25) is 9.78 Å². The summed E-state index contributed by atoms with van der Waals surface area (Å²) < 4.78 is 0. The molecule has 0 radical (unpaired) electrons. The van der Waals surface area contributed by atoms with Gasteiger partial charge in [-0.05, 0) is 36.4 Å². The molecule has 1 amide bonds. The first-order chi connectivity index (χ1) is 13.2. The van der Waals surface area contributed by atoms with Crippen LogP contribution in [0, 0.1) is 0 Å². The predicted octanol–water partition coefficient (Wildman–Crippen LogP) is 3.15. The molecule has 27 heavy (non-hydrogen) atoms. The van der Waals surface area contributed by atoms with Crippen LogP contribution in [0.3, 0.4) is 0 Å². The van der Waals surface area contributed by atoms with Crippen LogP contribution in [0.25, 0.3) is 11.3 Å². The molecule has 3 aromatic rings. The van der Waals surface area contributed by atoms with Crippen molar-refractivity contribution in [3.8, 4) is 11.3 Å². The largest absolute Gasteiger partial charge is 0.352 e. The number of rotatable bonds is 3. The number of carbonyl (C=O) groups is 1. The molecule has 1 fully saturated rings. The van der Waals surface area contributed by atoms with E-state index in [-0.39, 0.29) is 5.91 Å². The van der Waals surface area contributed by atoms with Gasteiger partial charge in [-0.1, -0.05) is 23.7 Å². The number of nitrogens with zero attached hydrogens (tertiary/aromatic N) is 5. The van der Waals surface area contributed by atoms with Crippen molar-refractivity contribution in [1.82, 2.24) is 20.1 Å². The molecule has 1 saturated heterocycles. The maximum absolute atomic E-state index is 12.7. The highest BCUT2D eigenvalue weighted by molar-refractivity contribution is 6.33. The first-order valence-corrected chi connectivity index (χ1v) is 9.13. The van der Waals surface area contributed by atoms with Gasteiger partial charge in [-0.15, -0.1) is 10.2 Å². The van der Waals surface area contributed by atoms with Gasteiger partial charge in [0.1, 0.15) is 0 Å². The van der Waals surface area contributed by atoms with Crippen molar-refractivity contribution in [1.29, 1.82) is 0 Å². The topological polar surface area (TPSA) is 62.2 Å². The summed E-state index contributed by atoms with van der Waals surface area (Å²) in [6.45, 7) is 2.66. The summed E-state index contributed by atoms with van der Waals surface area (Å²) in [6, 6.07) is 14.9. The average molecular weight is 380 g/mol. The first-order valence-electron chi connectivity index (χ1n) is 8.75. The van der Waals surface area contributed by atoms with Crippen LogP contribution in [0.15, 0.2) is 60.9 Å². The standard InChI is InChI=1S/C20H18ClN5O/c21-17-4-2-1-3-16(17)20(27)26-13-11-25(12-14-26)19-6-5-18(23-24-19)15-7-9-22-10-8-15/h1-10H,11-14H2. The predicted molar refractivity (Wildman–Crippen MR) is 105 cm³/mol. The number of pyridine rings is 1. The van der Waals surface area contributed by atoms with Crippen LogP contribution < -0.4 is 4.90 Å². The SMILES string of the molecule is O=C(c1ccccc1Cl)N1CCN(c2ccc(-c3ccncc3)nn2)CC1. The Morgan fingerprint density at radius 1 is 0.889 bits per heavy atom. The summed E-state index contributed by atoms with van der Waals surface area (Å²) in [5, 5.41) is 9.16. The maximum atomic E-state index is 12.7. The average Bonchev–Trinajstić information content (AvgIpc) is 2.74. The Bertz CT molecular complexity index is 925. The third-order valence-corrected chi connectivity index (χ3v) is 4.95. The van der Waals surface area contributed by atoms with E-state index in [9.17, 15) is 4.79 Å². The zero-order chi connectivity index (χ0) is 18.6. The van der Waals surface area contributed by atoms with Crippen LogP contribution in [0.1, 0.15) is 10.4 Å². The molecule has 0 bridgehead atoms. The molecular weight excluding hydrogens is 362 g/mol. The van der Waals surface area contributed by atoms with Crippen LogP contribution in [-0.2, 0) is 0 Å². The molecule has 0 unspecified atom stereocenters. The lowest BCUT2D eigenvalue weighted by Gasteiger charge is -2.35. The molecular formula is C20H18ClN5O. The second kappa shape index (κ2) is 7.72. The van der Waals surface area contributed by atoms with E-state index in [0.717, 1.165) is 17.1 Å². The number of hydrogen-bond acceptors (Lipinski definition) is 5. The maximum Gasteiger partial charge on any atom is 0.255 e. The van der Waals surface area contributed by atoms with Gasteiger partial charge in [0.05, 0.1) is 16.3 Å². The van der Waals surface area contributed by atoms with E-state index in [1.807, 2.05) is 41.3 Å². The normalized spacial score (nSPS) is 14.3. The van der Waals surface area contributed by atoms with E-state index in [1.165, 1.54) is 0 Å². The second-order valence-corrected chi connectivity index (χ2v) is 6.68. The van der Waals surface area contributed by atoms with Crippen molar-refractivity contribution in [3.05, 3.63) is 71.5 Å². The third kappa shape index (κ3) is 3.75. The zero-order valence-electron chi connectivity index (χ0n) is 14.6. The van der Waals surface area contributed by atoms with Crippen molar-refractivity contribution in [3.63, 3.8) is 0 Å². The van der Waals surface area contributed by atoms with Crippen molar-refractivity contribution in [2.45, 2.75) is 0 Å². The lowest BCUT2D eigenvalue weighted by molar-refractivity contribution is 0.0746. The van der Waals surface area contributed by atoms with Crippen molar-refractivity contribution >= 4 is 23.3 Å². The Labute approximate surface area is 162 Å². The van der Waals surface area contributed by atoms with E-state index in [0.29, 0.717) is 36.8 Å². The molecule has 0 atom stereocenters. The molecule has 0 aliphatic carbocycles. The number of benzene rings is 1. The summed E-state index contributed by atoms with van der Waals surface area (Å²) in [5.41, 5.74) is 2.35. The zero-order valence-corrected chi connectivity index (χ0v) is 15.4. The monoisotopic (exact) mass is 379 g/mol. The van der Waals surface area contributed by atoms with Crippen molar-refractivity contribution in [2.75, 3.05) is 31.1 Å². The van der Waals surface area contributed by atoms with E-state index in [4.69, 9.17) is 11.6 Å². The molecule has 0 spiro atoms. The minimum Gasteiger partial charge on any atom is -0.352 e. The molecule has 4 rings (SSSR count). The number of anilines is 1. The van der Waals surface area contributed by atoms with Crippen LogP contribution >= 0.6 is 11.6 Å². The molecule has 0 saturated carbocycles. The highest BCUT2D eigenvalue weighted by Crippen LogP contribution is 2.21. The molecule has 6 nitrogen and oxygen atoms in total. The van der Waals surface area contributed by atoms with Gasteiger partial charge in [0.25, 0.3) is 5.91 Å². The number of amides is 1. The van der Waals surface area contributed by atoms with Gasteiger partial charge in [0, 0.05) is 44.1 Å². The fourth-order valence-electron chi connectivity index (χ4n) is 3.11. The van der Waals surface area contributed by atoms with Crippen LogP contribution in [-0.4, -0.2) is 52.2 Å². The van der Waals surface area contributed by atoms with Gasteiger partial charge >= 0.3 is 0 Å². The summed E-state index contributed by atoms with van der Waals surface area (Å²) in [5.74, 6) is 0.789. The van der Waals surface area contributed by atoms with Gasteiger partial charge in [0.15, 0.2) is 5.82 Å². The van der Waals surface area contributed by atoms with Crippen molar-refractivity contribution in [2.24, 2.45) is 0 Å². The lowest BCUT2D eigenvalue weighted by Crippen LogP contribution is -2.49. The molecule has 0 N–H and O–H groups in total. The lowest BCUT2D eigenvalue weighted by atomic mass is 10.1. The second-order valence-electron chi connectivity index (χ2n) is 6.27. The minimum absolute atomic E-state index is 0.0284. The number of halogens is 1. The summed E-state index contributed by atoms with van der Waals surface area (Å²) in [4.78, 5) is 20.6. The Morgan fingerprint density at radius 2 is 1.63 bits per heavy atom. The molecule has 1 aliphatic rings. The third-order valence-electron chi connectivity index (χ3n) is 4.62. The molecule has 1 aromatic carbocycles. The van der Waals surface area contributed by atoms with Gasteiger partial charge in [-0.2, -0.15) is 0 Å². The Kier molecular flexibility index (Phi) is 4.98. The summed E-state index contributed by atoms with van der Waals surface area (Å²) in [6.07, 6.45) is 3.47. The van der Waals surface area contributed by atoms with Crippen LogP contribution in [0.2, 0.25) is 5.02 Å². The van der Waals surface area contributed by atoms with Gasteiger partial charge in [0.2, 0.25) is 0 Å². The van der Waals surface area contributed by atoms with Crippen molar-refractivity contribution < 1.29 is 4.79 Å². The number of hydrogen-bond donors (Lipinski definition) is 0. The fourth-order valence-corrected chi connectivity index (χ4v) is 3.33. The smallest absolute Gasteiger partial charge is 0.255 e. The minimum atomic E-state index is -0.0284. The molecule has 2 aromatic heterocycles.